The van der Waals surface area contributed by atoms with Gasteiger partial charge in [0.1, 0.15) is 17.4 Å². The Kier molecular flexibility index (Phi) is 5.76. The second kappa shape index (κ2) is 8.45. The van der Waals surface area contributed by atoms with Gasteiger partial charge in [-0.2, -0.15) is 9.97 Å². The van der Waals surface area contributed by atoms with E-state index in [1.54, 1.807) is 6.92 Å². The Labute approximate surface area is 175 Å². The molecule has 1 aromatic heterocycles. The number of carbonyl (C=O) groups is 1. The zero-order chi connectivity index (χ0) is 20.4. The number of anilines is 1. The Bertz CT molecular complexity index is 977. The van der Waals surface area contributed by atoms with Crippen LogP contribution in [0, 0.1) is 5.92 Å². The van der Waals surface area contributed by atoms with Crippen LogP contribution in [0.3, 0.4) is 0 Å². The fourth-order valence-corrected chi connectivity index (χ4v) is 3.80. The van der Waals surface area contributed by atoms with Crippen molar-refractivity contribution in [2.75, 3.05) is 11.9 Å². The van der Waals surface area contributed by atoms with Crippen molar-refractivity contribution in [3.05, 3.63) is 47.3 Å². The maximum atomic E-state index is 11.3. The van der Waals surface area contributed by atoms with Crippen molar-refractivity contribution in [3.63, 3.8) is 0 Å². The molecule has 7 heteroatoms. The van der Waals surface area contributed by atoms with Crippen LogP contribution in [0.5, 0.6) is 0 Å². The third kappa shape index (κ3) is 5.29. The van der Waals surface area contributed by atoms with Crippen LogP contribution in [0.4, 0.5) is 5.95 Å². The Hall–Kier alpha value is -2.54. The predicted octanol–water partition coefficient (Wildman–Crippen LogP) is 4.44. The van der Waals surface area contributed by atoms with E-state index in [2.05, 4.69) is 45.2 Å². The number of Topliss-reactive ketones (excluding diaryl/α,β-unsaturated/α-hetero) is 1. The average Bonchev–Trinajstić information content (AvgIpc) is 3.42. The van der Waals surface area contributed by atoms with Crippen LogP contribution in [0.15, 0.2) is 51.0 Å². The van der Waals surface area contributed by atoms with Gasteiger partial charge in [-0.3, -0.25) is 9.79 Å². The van der Waals surface area contributed by atoms with Gasteiger partial charge in [-0.1, -0.05) is 26.0 Å². The average molecular weight is 408 g/mol. The highest BCUT2D eigenvalue weighted by Gasteiger charge is 2.28. The summed E-state index contributed by atoms with van der Waals surface area (Å²) in [6, 6.07) is 7.99. The van der Waals surface area contributed by atoms with Crippen LogP contribution in [0.25, 0.3) is 0 Å². The molecule has 0 atom stereocenters. The van der Waals surface area contributed by atoms with Crippen molar-refractivity contribution in [1.29, 1.82) is 0 Å². The number of aromatic nitrogens is 3. The van der Waals surface area contributed by atoms with Crippen molar-refractivity contribution in [3.8, 4) is 0 Å². The maximum absolute atomic E-state index is 11.3. The van der Waals surface area contributed by atoms with Crippen LogP contribution in [-0.2, 0) is 11.2 Å². The fraction of sp³-hybridized carbons (Fsp3) is 0.409. The van der Waals surface area contributed by atoms with E-state index in [0.29, 0.717) is 29.4 Å². The summed E-state index contributed by atoms with van der Waals surface area (Å²) in [5.74, 6) is 3.30. The molecule has 4 rings (SSSR count). The quantitative estimate of drug-likeness (QED) is 0.731. The minimum atomic E-state index is 0.164. The molecular weight excluding hydrogens is 382 g/mol. The van der Waals surface area contributed by atoms with E-state index in [1.807, 2.05) is 24.3 Å². The summed E-state index contributed by atoms with van der Waals surface area (Å²) in [5.41, 5.74) is 2.33. The number of aliphatic imine (C=N–C) groups is 1. The van der Waals surface area contributed by atoms with Crippen LogP contribution in [0.2, 0.25) is 0 Å². The molecule has 0 unspecified atom stereocenters. The summed E-state index contributed by atoms with van der Waals surface area (Å²) in [4.78, 5) is 30.8. The lowest BCUT2D eigenvalue weighted by Crippen LogP contribution is -2.12. The normalized spacial score (nSPS) is 16.0. The topological polar surface area (TPSA) is 80.1 Å². The number of ketones is 1. The molecule has 2 aliphatic rings. The maximum Gasteiger partial charge on any atom is 0.232 e. The molecule has 1 fully saturated rings. The lowest BCUT2D eigenvalue weighted by molar-refractivity contribution is -0.116. The van der Waals surface area contributed by atoms with Gasteiger partial charge in [-0.25, -0.2) is 4.98 Å². The van der Waals surface area contributed by atoms with Crippen LogP contribution < -0.4 is 5.32 Å². The Morgan fingerprint density at radius 3 is 2.55 bits per heavy atom. The molecule has 0 saturated heterocycles. The van der Waals surface area contributed by atoms with E-state index in [0.717, 1.165) is 41.5 Å². The van der Waals surface area contributed by atoms with Crippen molar-refractivity contribution in [2.45, 2.75) is 56.0 Å². The molecule has 1 saturated carbocycles. The first kappa shape index (κ1) is 19.8. The van der Waals surface area contributed by atoms with Gasteiger partial charge in [-0.05, 0) is 66.8 Å². The summed E-state index contributed by atoms with van der Waals surface area (Å²) in [6.07, 6.45) is 4.81. The minimum absolute atomic E-state index is 0.164. The highest BCUT2D eigenvalue weighted by atomic mass is 32.2. The molecule has 6 nitrogen and oxygen atoms in total. The Morgan fingerprint density at radius 1 is 1.17 bits per heavy atom. The van der Waals surface area contributed by atoms with Crippen molar-refractivity contribution >= 4 is 29.3 Å². The van der Waals surface area contributed by atoms with Crippen molar-refractivity contribution in [1.82, 2.24) is 15.0 Å². The number of nitrogens with zero attached hydrogens (tertiary/aromatic N) is 4. The molecular formula is C22H25N5OS. The predicted molar refractivity (Wildman–Crippen MR) is 116 cm³/mol. The molecule has 150 valence electrons. The zero-order valence-electron chi connectivity index (χ0n) is 17.0. The Balaban J connectivity index is 1.52. The number of hydrogen-bond donors (Lipinski definition) is 1. The molecule has 29 heavy (non-hydrogen) atoms. The fourth-order valence-electron chi connectivity index (χ4n) is 3.05. The first-order chi connectivity index (χ1) is 14.0. The summed E-state index contributed by atoms with van der Waals surface area (Å²) < 4.78 is 0. The van der Waals surface area contributed by atoms with E-state index >= 15 is 0 Å². The van der Waals surface area contributed by atoms with Crippen molar-refractivity contribution < 1.29 is 4.79 Å². The molecule has 0 radical (unpaired) electrons. The lowest BCUT2D eigenvalue weighted by atomic mass is 10.0. The smallest absolute Gasteiger partial charge is 0.232 e. The molecule has 0 bridgehead atoms. The van der Waals surface area contributed by atoms with Gasteiger partial charge in [0.15, 0.2) is 5.16 Å². The SMILES string of the molecule is CC(=O)Cc1ccc(Sc2nc(NC3=NCC(C(C)C)=C3)nc(C3CC3)n2)cc1. The third-order valence-corrected chi connectivity index (χ3v) is 5.77. The van der Waals surface area contributed by atoms with Gasteiger partial charge in [0.05, 0.1) is 6.54 Å². The first-order valence-corrected chi connectivity index (χ1v) is 10.8. The summed E-state index contributed by atoms with van der Waals surface area (Å²) in [5, 5.41) is 3.94. The van der Waals surface area contributed by atoms with E-state index in [4.69, 9.17) is 0 Å². The van der Waals surface area contributed by atoms with Gasteiger partial charge in [0, 0.05) is 17.2 Å². The molecule has 2 heterocycles. The second-order valence-electron chi connectivity index (χ2n) is 7.90. The van der Waals surface area contributed by atoms with Crippen LogP contribution >= 0.6 is 11.8 Å². The molecule has 0 amide bonds. The number of nitrogens with one attached hydrogen (secondary N) is 1. The first-order valence-electron chi connectivity index (χ1n) is 10.0. The monoisotopic (exact) mass is 407 g/mol. The van der Waals surface area contributed by atoms with Gasteiger partial charge in [0.25, 0.3) is 0 Å². The zero-order valence-corrected chi connectivity index (χ0v) is 17.8. The lowest BCUT2D eigenvalue weighted by Gasteiger charge is -2.08. The van der Waals surface area contributed by atoms with E-state index in [9.17, 15) is 4.79 Å². The van der Waals surface area contributed by atoms with E-state index in [1.165, 1.54) is 17.3 Å². The second-order valence-corrected chi connectivity index (χ2v) is 8.94. The molecule has 1 aromatic carbocycles. The number of hydrogen-bond acceptors (Lipinski definition) is 7. The standard InChI is InChI=1S/C22H25N5OS/c1-13(2)17-11-19(23-12-17)24-21-25-20(16-6-7-16)26-22(27-21)29-18-8-4-15(5-9-18)10-14(3)28/h4-5,8-9,11,13,16H,6-7,10,12H2,1-3H3,(H,23,24,25,26,27). The van der Waals surface area contributed by atoms with Crippen LogP contribution in [0.1, 0.15) is 50.9 Å². The van der Waals surface area contributed by atoms with Crippen LogP contribution in [-0.4, -0.2) is 33.1 Å². The number of carbonyl (C=O) groups excluding carboxylic acids is 1. The summed E-state index contributed by atoms with van der Waals surface area (Å²) >= 11 is 1.51. The molecule has 1 aliphatic heterocycles. The van der Waals surface area contributed by atoms with Gasteiger partial charge in [0.2, 0.25) is 5.95 Å². The highest BCUT2D eigenvalue weighted by molar-refractivity contribution is 7.99. The van der Waals surface area contributed by atoms with E-state index in [-0.39, 0.29) is 5.78 Å². The van der Waals surface area contributed by atoms with E-state index < -0.39 is 0 Å². The third-order valence-electron chi connectivity index (χ3n) is 4.90. The molecule has 2 aromatic rings. The van der Waals surface area contributed by atoms with Gasteiger partial charge < -0.3 is 5.32 Å². The van der Waals surface area contributed by atoms with Gasteiger partial charge >= 0.3 is 0 Å². The minimum Gasteiger partial charge on any atom is -0.309 e. The van der Waals surface area contributed by atoms with Crippen molar-refractivity contribution in [2.24, 2.45) is 10.9 Å². The highest BCUT2D eigenvalue weighted by Crippen LogP contribution is 2.39. The summed E-state index contributed by atoms with van der Waals surface area (Å²) in [6.45, 7) is 6.69. The Morgan fingerprint density at radius 2 is 1.93 bits per heavy atom. The van der Waals surface area contributed by atoms with Gasteiger partial charge in [-0.15, -0.1) is 0 Å². The molecule has 1 aliphatic carbocycles. The molecule has 0 spiro atoms. The summed E-state index contributed by atoms with van der Waals surface area (Å²) in [7, 11) is 0. The molecule has 1 N–H and O–H groups in total. The number of rotatable bonds is 7. The number of amidine groups is 1. The largest absolute Gasteiger partial charge is 0.309 e. The number of benzene rings is 1.